The van der Waals surface area contributed by atoms with Crippen LogP contribution in [0.25, 0.3) is 0 Å². The number of nitrogens with zero attached hydrogens (tertiary/aromatic N) is 1. The van der Waals surface area contributed by atoms with E-state index in [0.717, 1.165) is 0 Å². The number of carbonyl (C=O) groups is 2. The SMILES string of the molecule is CCN(CC(C)C(=O)O)C(=O)CCc1ccccc1C. The molecule has 1 aromatic rings. The van der Waals surface area contributed by atoms with Crippen molar-refractivity contribution in [3.63, 3.8) is 0 Å². The Balaban J connectivity index is 2.56. The molecule has 4 heteroatoms. The van der Waals surface area contributed by atoms with Crippen LogP contribution in [0.2, 0.25) is 0 Å². The molecule has 0 aromatic heterocycles. The zero-order valence-corrected chi connectivity index (χ0v) is 12.4. The van der Waals surface area contributed by atoms with Gasteiger partial charge >= 0.3 is 5.97 Å². The van der Waals surface area contributed by atoms with Gasteiger partial charge in [-0.15, -0.1) is 0 Å². The second-order valence-corrected chi connectivity index (χ2v) is 5.10. The van der Waals surface area contributed by atoms with Gasteiger partial charge in [0.25, 0.3) is 0 Å². The maximum absolute atomic E-state index is 12.1. The van der Waals surface area contributed by atoms with Gasteiger partial charge in [-0.25, -0.2) is 0 Å². The van der Waals surface area contributed by atoms with Gasteiger partial charge in [-0.05, 0) is 31.4 Å². The van der Waals surface area contributed by atoms with Gasteiger partial charge in [0.15, 0.2) is 0 Å². The van der Waals surface area contributed by atoms with Gasteiger partial charge in [-0.3, -0.25) is 9.59 Å². The Hall–Kier alpha value is -1.84. The van der Waals surface area contributed by atoms with Crippen LogP contribution in [-0.4, -0.2) is 35.0 Å². The average Bonchev–Trinajstić information content (AvgIpc) is 2.43. The summed E-state index contributed by atoms with van der Waals surface area (Å²) in [5.74, 6) is -1.38. The van der Waals surface area contributed by atoms with Crippen molar-refractivity contribution in [2.24, 2.45) is 5.92 Å². The van der Waals surface area contributed by atoms with Crippen molar-refractivity contribution in [1.82, 2.24) is 4.90 Å². The molecule has 110 valence electrons. The Morgan fingerprint density at radius 2 is 1.95 bits per heavy atom. The highest BCUT2D eigenvalue weighted by Gasteiger charge is 2.19. The minimum atomic E-state index is -0.866. The van der Waals surface area contributed by atoms with Crippen molar-refractivity contribution in [2.45, 2.75) is 33.6 Å². The zero-order valence-electron chi connectivity index (χ0n) is 12.4. The lowest BCUT2D eigenvalue weighted by Gasteiger charge is -2.23. The van der Waals surface area contributed by atoms with Crippen molar-refractivity contribution in [1.29, 1.82) is 0 Å². The Labute approximate surface area is 120 Å². The van der Waals surface area contributed by atoms with E-state index in [1.54, 1.807) is 11.8 Å². The zero-order chi connectivity index (χ0) is 15.1. The molecule has 1 N–H and O–H groups in total. The number of hydrogen-bond acceptors (Lipinski definition) is 2. The summed E-state index contributed by atoms with van der Waals surface area (Å²) >= 11 is 0. The van der Waals surface area contributed by atoms with E-state index in [2.05, 4.69) is 0 Å². The molecule has 0 bridgehead atoms. The summed E-state index contributed by atoms with van der Waals surface area (Å²) in [6, 6.07) is 8.01. The van der Waals surface area contributed by atoms with Crippen LogP contribution in [0.15, 0.2) is 24.3 Å². The van der Waals surface area contributed by atoms with E-state index in [0.29, 0.717) is 19.4 Å². The highest BCUT2D eigenvalue weighted by Crippen LogP contribution is 2.11. The molecule has 0 saturated heterocycles. The van der Waals surface area contributed by atoms with Gasteiger partial charge in [-0.1, -0.05) is 31.2 Å². The second kappa shape index (κ2) is 7.68. The molecular formula is C16H23NO3. The summed E-state index contributed by atoms with van der Waals surface area (Å²) in [7, 11) is 0. The van der Waals surface area contributed by atoms with Crippen LogP contribution in [0.1, 0.15) is 31.4 Å². The average molecular weight is 277 g/mol. The van der Waals surface area contributed by atoms with Crippen molar-refractivity contribution in [2.75, 3.05) is 13.1 Å². The van der Waals surface area contributed by atoms with Crippen molar-refractivity contribution >= 4 is 11.9 Å². The van der Waals surface area contributed by atoms with Crippen LogP contribution in [-0.2, 0) is 16.0 Å². The Morgan fingerprint density at radius 3 is 2.50 bits per heavy atom. The van der Waals surface area contributed by atoms with Crippen LogP contribution in [0.3, 0.4) is 0 Å². The summed E-state index contributed by atoms with van der Waals surface area (Å²) < 4.78 is 0. The number of amides is 1. The van der Waals surface area contributed by atoms with E-state index in [9.17, 15) is 9.59 Å². The number of aliphatic carboxylic acids is 1. The molecule has 0 aliphatic rings. The van der Waals surface area contributed by atoms with Gasteiger partial charge in [-0.2, -0.15) is 0 Å². The summed E-state index contributed by atoms with van der Waals surface area (Å²) in [5, 5.41) is 8.91. The normalized spacial score (nSPS) is 11.9. The molecule has 0 radical (unpaired) electrons. The second-order valence-electron chi connectivity index (χ2n) is 5.10. The van der Waals surface area contributed by atoms with Crippen LogP contribution < -0.4 is 0 Å². The monoisotopic (exact) mass is 277 g/mol. The number of carbonyl (C=O) groups excluding carboxylic acids is 1. The van der Waals surface area contributed by atoms with Crippen molar-refractivity contribution in [3.8, 4) is 0 Å². The number of carboxylic acid groups (broad SMARTS) is 1. The van der Waals surface area contributed by atoms with Crippen molar-refractivity contribution in [3.05, 3.63) is 35.4 Å². The number of hydrogen-bond donors (Lipinski definition) is 1. The van der Waals surface area contributed by atoms with Crippen LogP contribution >= 0.6 is 0 Å². The van der Waals surface area contributed by atoms with E-state index < -0.39 is 11.9 Å². The Kier molecular flexibility index (Phi) is 6.22. The minimum Gasteiger partial charge on any atom is -0.481 e. The Bertz CT molecular complexity index is 471. The molecule has 0 aliphatic heterocycles. The van der Waals surface area contributed by atoms with Crippen LogP contribution in [0.4, 0.5) is 0 Å². The molecular weight excluding hydrogens is 254 g/mol. The quantitative estimate of drug-likeness (QED) is 0.833. The van der Waals surface area contributed by atoms with Crippen molar-refractivity contribution < 1.29 is 14.7 Å². The van der Waals surface area contributed by atoms with Gasteiger partial charge in [0.05, 0.1) is 5.92 Å². The molecule has 1 amide bonds. The molecule has 0 spiro atoms. The molecule has 20 heavy (non-hydrogen) atoms. The standard InChI is InChI=1S/C16H23NO3/c1-4-17(11-13(3)16(19)20)15(18)10-9-14-8-6-5-7-12(14)2/h5-8,13H,4,9-11H2,1-3H3,(H,19,20). The van der Waals surface area contributed by atoms with E-state index in [-0.39, 0.29) is 12.5 Å². The first-order valence-corrected chi connectivity index (χ1v) is 7.00. The minimum absolute atomic E-state index is 0.0175. The van der Waals surface area contributed by atoms with Gasteiger partial charge in [0.1, 0.15) is 0 Å². The Morgan fingerprint density at radius 1 is 1.30 bits per heavy atom. The number of aryl methyl sites for hydroxylation is 2. The summed E-state index contributed by atoms with van der Waals surface area (Å²) in [6.07, 6.45) is 1.12. The predicted octanol–water partition coefficient (Wildman–Crippen LogP) is 2.50. The van der Waals surface area contributed by atoms with E-state index in [4.69, 9.17) is 5.11 Å². The molecule has 0 saturated carbocycles. The highest BCUT2D eigenvalue weighted by atomic mass is 16.4. The lowest BCUT2D eigenvalue weighted by molar-refractivity contribution is -0.143. The third kappa shape index (κ3) is 4.68. The maximum atomic E-state index is 12.1. The summed E-state index contributed by atoms with van der Waals surface area (Å²) in [6.45, 7) is 6.35. The fourth-order valence-corrected chi connectivity index (χ4v) is 2.11. The summed E-state index contributed by atoms with van der Waals surface area (Å²) in [4.78, 5) is 24.6. The molecule has 1 aromatic carbocycles. The highest BCUT2D eigenvalue weighted by molar-refractivity contribution is 5.77. The maximum Gasteiger partial charge on any atom is 0.308 e. The molecule has 4 nitrogen and oxygen atoms in total. The predicted molar refractivity (Wildman–Crippen MR) is 78.6 cm³/mol. The van der Waals surface area contributed by atoms with E-state index >= 15 is 0 Å². The van der Waals surface area contributed by atoms with Gasteiger partial charge < -0.3 is 10.0 Å². The molecule has 0 aliphatic carbocycles. The smallest absolute Gasteiger partial charge is 0.308 e. The fourth-order valence-electron chi connectivity index (χ4n) is 2.11. The molecule has 1 atom stereocenters. The first-order valence-electron chi connectivity index (χ1n) is 7.00. The molecule has 0 heterocycles. The first-order chi connectivity index (χ1) is 9.45. The van der Waals surface area contributed by atoms with Gasteiger partial charge in [0, 0.05) is 19.5 Å². The summed E-state index contributed by atoms with van der Waals surface area (Å²) in [5.41, 5.74) is 2.35. The third-order valence-corrected chi connectivity index (χ3v) is 3.52. The van der Waals surface area contributed by atoms with Gasteiger partial charge in [0.2, 0.25) is 5.91 Å². The number of carboxylic acids is 1. The molecule has 1 rings (SSSR count). The lowest BCUT2D eigenvalue weighted by atomic mass is 10.0. The first kappa shape index (κ1) is 16.2. The number of rotatable bonds is 7. The van der Waals surface area contributed by atoms with E-state index in [1.165, 1.54) is 11.1 Å². The molecule has 0 fully saturated rings. The van der Waals surface area contributed by atoms with Crippen LogP contribution in [0.5, 0.6) is 0 Å². The largest absolute Gasteiger partial charge is 0.481 e. The van der Waals surface area contributed by atoms with Crippen LogP contribution in [0, 0.1) is 12.8 Å². The van der Waals surface area contributed by atoms with E-state index in [1.807, 2.05) is 38.1 Å². The molecule has 1 unspecified atom stereocenters. The topological polar surface area (TPSA) is 57.6 Å². The third-order valence-electron chi connectivity index (χ3n) is 3.52. The lowest BCUT2D eigenvalue weighted by Crippen LogP contribution is -2.36. The fraction of sp³-hybridized carbons (Fsp3) is 0.500. The number of benzene rings is 1.